The number of carbonyl (C=O) groups excluding carboxylic acids is 3. The summed E-state index contributed by atoms with van der Waals surface area (Å²) in [5.41, 5.74) is 3.15. The number of hydrogen-bond acceptors (Lipinski definition) is 5. The molecule has 1 aliphatic heterocycles. The summed E-state index contributed by atoms with van der Waals surface area (Å²) in [5, 5.41) is 2.20. The van der Waals surface area contributed by atoms with Crippen LogP contribution in [0.15, 0.2) is 47.5 Å². The molecule has 0 aliphatic carbocycles. The van der Waals surface area contributed by atoms with E-state index < -0.39 is 23.8 Å². The number of nitrogens with zero attached hydrogens (tertiary/aromatic N) is 2. The molecule has 0 unspecified atom stereocenters. The van der Waals surface area contributed by atoms with E-state index in [0.717, 1.165) is 16.0 Å². The zero-order valence-electron chi connectivity index (χ0n) is 15.2. The molecular formula is C20H19N3O4. The number of nitrogens with one attached hydrogen (secondary N) is 1. The highest BCUT2D eigenvalue weighted by molar-refractivity contribution is 6.32. The van der Waals surface area contributed by atoms with Gasteiger partial charge in [0.05, 0.1) is 18.5 Å². The Morgan fingerprint density at radius 1 is 1.04 bits per heavy atom. The maximum atomic E-state index is 12.8. The zero-order valence-corrected chi connectivity index (χ0v) is 15.2. The van der Waals surface area contributed by atoms with Crippen LogP contribution < -0.4 is 15.0 Å². The Morgan fingerprint density at radius 3 is 2.37 bits per heavy atom. The second-order valence-corrected chi connectivity index (χ2v) is 6.19. The van der Waals surface area contributed by atoms with E-state index in [1.807, 2.05) is 26.0 Å². The third-order valence-corrected chi connectivity index (χ3v) is 4.40. The number of aryl methyl sites for hydroxylation is 2. The third-order valence-electron chi connectivity index (χ3n) is 4.40. The number of carbonyl (C=O) groups is 3. The first-order valence-electron chi connectivity index (χ1n) is 8.35. The molecule has 138 valence electrons. The Balaban J connectivity index is 1.87. The fraction of sp³-hybridized carbons (Fsp3) is 0.200. The molecule has 0 bridgehead atoms. The quantitative estimate of drug-likeness (QED) is 0.666. The van der Waals surface area contributed by atoms with E-state index in [0.29, 0.717) is 17.1 Å². The first-order chi connectivity index (χ1) is 12.9. The number of anilines is 1. The molecule has 3 rings (SSSR count). The standard InChI is InChI=1S/C20H19N3O4/c1-12-4-5-14(10-13(12)2)21-11-17-18(24)22-20(26)23(19(17)25)15-6-8-16(27-3)9-7-15/h4-11,17H,1-3H3,(H,22,24,26)/t17-/m1/s1. The average molecular weight is 365 g/mol. The topological polar surface area (TPSA) is 88.1 Å². The molecule has 2 aromatic carbocycles. The van der Waals surface area contributed by atoms with E-state index in [-0.39, 0.29) is 0 Å². The van der Waals surface area contributed by atoms with Crippen LogP contribution in [0.2, 0.25) is 0 Å². The first kappa shape index (κ1) is 18.3. The molecule has 0 radical (unpaired) electrons. The molecule has 7 heteroatoms. The van der Waals surface area contributed by atoms with E-state index in [4.69, 9.17) is 4.74 Å². The van der Waals surface area contributed by atoms with Gasteiger partial charge in [0.1, 0.15) is 5.75 Å². The Kier molecular flexibility index (Phi) is 5.03. The van der Waals surface area contributed by atoms with Crippen LogP contribution in [0, 0.1) is 19.8 Å². The van der Waals surface area contributed by atoms with Gasteiger partial charge >= 0.3 is 6.03 Å². The van der Waals surface area contributed by atoms with Crippen molar-refractivity contribution < 1.29 is 19.1 Å². The Hall–Kier alpha value is -3.48. The maximum Gasteiger partial charge on any atom is 0.335 e. The van der Waals surface area contributed by atoms with Gasteiger partial charge in [0.15, 0.2) is 5.92 Å². The summed E-state index contributed by atoms with van der Waals surface area (Å²) >= 11 is 0. The van der Waals surface area contributed by atoms with Crippen molar-refractivity contribution in [2.75, 3.05) is 12.0 Å². The minimum Gasteiger partial charge on any atom is -0.497 e. The number of barbiturate groups is 1. The molecular weight excluding hydrogens is 346 g/mol. The lowest BCUT2D eigenvalue weighted by Gasteiger charge is -2.28. The van der Waals surface area contributed by atoms with Crippen molar-refractivity contribution in [3.63, 3.8) is 0 Å². The van der Waals surface area contributed by atoms with Crippen molar-refractivity contribution in [3.8, 4) is 5.75 Å². The van der Waals surface area contributed by atoms with Crippen molar-refractivity contribution in [3.05, 3.63) is 53.6 Å². The second kappa shape index (κ2) is 7.41. The van der Waals surface area contributed by atoms with Gasteiger partial charge in [-0.2, -0.15) is 0 Å². The molecule has 0 saturated carbocycles. The normalized spacial score (nSPS) is 17.4. The molecule has 1 heterocycles. The lowest BCUT2D eigenvalue weighted by Crippen LogP contribution is -2.58. The smallest absolute Gasteiger partial charge is 0.335 e. The third kappa shape index (κ3) is 3.72. The van der Waals surface area contributed by atoms with Gasteiger partial charge in [-0.15, -0.1) is 0 Å². The number of aliphatic imine (C=N–C) groups is 1. The Labute approximate surface area is 156 Å². The summed E-state index contributed by atoms with van der Waals surface area (Å²) in [6, 6.07) is 11.2. The highest BCUT2D eigenvalue weighted by Gasteiger charge is 2.40. The minimum absolute atomic E-state index is 0.343. The second-order valence-electron chi connectivity index (χ2n) is 6.19. The van der Waals surface area contributed by atoms with Crippen molar-refractivity contribution in [2.45, 2.75) is 13.8 Å². The Morgan fingerprint density at radius 2 is 1.74 bits per heavy atom. The van der Waals surface area contributed by atoms with Crippen LogP contribution in [0.5, 0.6) is 5.75 Å². The molecule has 1 fully saturated rings. The van der Waals surface area contributed by atoms with Crippen LogP contribution in [0.25, 0.3) is 0 Å². The zero-order chi connectivity index (χ0) is 19.6. The summed E-state index contributed by atoms with van der Waals surface area (Å²) in [6.45, 7) is 3.94. The van der Waals surface area contributed by atoms with Crippen LogP contribution in [0.3, 0.4) is 0 Å². The molecule has 2 aromatic rings. The molecule has 0 spiro atoms. The number of imide groups is 2. The highest BCUT2D eigenvalue weighted by Crippen LogP contribution is 2.24. The summed E-state index contributed by atoms with van der Waals surface area (Å²) in [4.78, 5) is 42.3. The van der Waals surface area contributed by atoms with Crippen molar-refractivity contribution >= 4 is 35.4 Å². The molecule has 1 aliphatic rings. The Bertz CT molecular complexity index is 935. The van der Waals surface area contributed by atoms with Crippen LogP contribution in [0.4, 0.5) is 16.2 Å². The summed E-state index contributed by atoms with van der Waals surface area (Å²) in [6.07, 6.45) is 1.27. The van der Waals surface area contributed by atoms with E-state index in [1.165, 1.54) is 13.3 Å². The molecule has 1 N–H and O–H groups in total. The molecule has 4 amide bonds. The van der Waals surface area contributed by atoms with E-state index in [1.54, 1.807) is 30.3 Å². The van der Waals surface area contributed by atoms with Gasteiger partial charge in [-0.3, -0.25) is 19.9 Å². The fourth-order valence-corrected chi connectivity index (χ4v) is 2.66. The number of amides is 4. The van der Waals surface area contributed by atoms with Gasteiger partial charge in [0.2, 0.25) is 5.91 Å². The lowest BCUT2D eigenvalue weighted by molar-refractivity contribution is -0.131. The van der Waals surface area contributed by atoms with Crippen LogP contribution in [0.1, 0.15) is 11.1 Å². The summed E-state index contributed by atoms with van der Waals surface area (Å²) < 4.78 is 5.07. The van der Waals surface area contributed by atoms with Crippen molar-refractivity contribution in [1.82, 2.24) is 5.32 Å². The van der Waals surface area contributed by atoms with Gasteiger partial charge in [0, 0.05) is 6.21 Å². The van der Waals surface area contributed by atoms with E-state index in [2.05, 4.69) is 10.3 Å². The monoisotopic (exact) mass is 365 g/mol. The molecule has 0 aromatic heterocycles. The molecule has 1 saturated heterocycles. The number of methoxy groups -OCH3 is 1. The predicted octanol–water partition coefficient (Wildman–Crippen LogP) is 2.91. The molecule has 7 nitrogen and oxygen atoms in total. The van der Waals surface area contributed by atoms with E-state index in [9.17, 15) is 14.4 Å². The lowest BCUT2D eigenvalue weighted by atomic mass is 10.1. The number of ether oxygens (including phenoxy) is 1. The average Bonchev–Trinajstić information content (AvgIpc) is 2.64. The first-order valence-corrected chi connectivity index (χ1v) is 8.35. The number of benzene rings is 2. The number of rotatable bonds is 4. The molecule has 1 atom stereocenters. The highest BCUT2D eigenvalue weighted by atomic mass is 16.5. The van der Waals surface area contributed by atoms with Gasteiger partial charge in [-0.05, 0) is 61.4 Å². The molecule has 27 heavy (non-hydrogen) atoms. The van der Waals surface area contributed by atoms with Crippen LogP contribution in [-0.2, 0) is 9.59 Å². The minimum atomic E-state index is -1.19. The van der Waals surface area contributed by atoms with Gasteiger partial charge in [-0.1, -0.05) is 6.07 Å². The van der Waals surface area contributed by atoms with Gasteiger partial charge in [-0.25, -0.2) is 9.69 Å². The summed E-state index contributed by atoms with van der Waals surface area (Å²) in [7, 11) is 1.52. The fourth-order valence-electron chi connectivity index (χ4n) is 2.66. The summed E-state index contributed by atoms with van der Waals surface area (Å²) in [5.74, 6) is -1.94. The maximum absolute atomic E-state index is 12.8. The van der Waals surface area contributed by atoms with Crippen molar-refractivity contribution in [2.24, 2.45) is 10.9 Å². The SMILES string of the molecule is COc1ccc(N2C(=O)NC(=O)[C@@H](C=Nc3ccc(C)c(C)c3)C2=O)cc1. The predicted molar refractivity (Wildman–Crippen MR) is 102 cm³/mol. The van der Waals surface area contributed by atoms with E-state index >= 15 is 0 Å². The van der Waals surface area contributed by atoms with Gasteiger partial charge < -0.3 is 4.74 Å². The van der Waals surface area contributed by atoms with Crippen LogP contribution >= 0.6 is 0 Å². The number of hydrogen-bond donors (Lipinski definition) is 1. The van der Waals surface area contributed by atoms with Crippen LogP contribution in [-0.4, -0.2) is 31.2 Å². The number of urea groups is 1. The van der Waals surface area contributed by atoms with Crippen molar-refractivity contribution in [1.29, 1.82) is 0 Å². The largest absolute Gasteiger partial charge is 0.497 e. The van der Waals surface area contributed by atoms with Gasteiger partial charge in [0.25, 0.3) is 5.91 Å².